The summed E-state index contributed by atoms with van der Waals surface area (Å²) in [5.41, 5.74) is 0. The Hall–Kier alpha value is -1.01. The fourth-order valence-corrected chi connectivity index (χ4v) is 2.90. The first-order valence-electron chi connectivity index (χ1n) is 5.33. The van der Waals surface area contributed by atoms with E-state index in [4.69, 9.17) is 0 Å². The second-order valence-corrected chi connectivity index (χ2v) is 4.74. The van der Waals surface area contributed by atoms with E-state index in [-0.39, 0.29) is 0 Å². The van der Waals surface area contributed by atoms with E-state index in [0.717, 1.165) is 28.8 Å². The number of nitrogens with one attached hydrogen (secondary N) is 1. The summed E-state index contributed by atoms with van der Waals surface area (Å²) in [5.74, 6) is 0.950. The molecule has 0 spiro atoms. The van der Waals surface area contributed by atoms with E-state index in [9.17, 15) is 0 Å². The van der Waals surface area contributed by atoms with Gasteiger partial charge in [0.25, 0.3) is 0 Å². The Balaban J connectivity index is 2.02. The molecule has 0 aliphatic carbocycles. The van der Waals surface area contributed by atoms with Crippen LogP contribution in [0.5, 0.6) is 0 Å². The highest BCUT2D eigenvalue weighted by molar-refractivity contribution is 7.16. The lowest BCUT2D eigenvalue weighted by molar-refractivity contribution is 0.626. The quantitative estimate of drug-likeness (QED) is 0.830. The number of hydrogen-bond acceptors (Lipinski definition) is 5. The molecule has 1 aliphatic rings. The third kappa shape index (κ3) is 1.44. The summed E-state index contributed by atoms with van der Waals surface area (Å²) >= 11 is 1.65. The van der Waals surface area contributed by atoms with Crippen molar-refractivity contribution >= 4 is 16.3 Å². The lowest BCUT2D eigenvalue weighted by atomic mass is 10.2. The molecule has 0 saturated carbocycles. The van der Waals surface area contributed by atoms with Crippen LogP contribution in [0.3, 0.4) is 0 Å². The van der Waals surface area contributed by atoms with Crippen LogP contribution in [0.4, 0.5) is 0 Å². The minimum atomic E-state index is 0.432. The van der Waals surface area contributed by atoms with E-state index in [0.29, 0.717) is 6.04 Å². The van der Waals surface area contributed by atoms with Gasteiger partial charge in [0.2, 0.25) is 4.96 Å². The summed E-state index contributed by atoms with van der Waals surface area (Å²) in [6, 6.07) is 0.432. The fourth-order valence-electron chi connectivity index (χ4n) is 1.93. The summed E-state index contributed by atoms with van der Waals surface area (Å²) in [5, 5.41) is 17.4. The monoisotopic (exact) mass is 223 g/mol. The van der Waals surface area contributed by atoms with Crippen molar-refractivity contribution in [1.29, 1.82) is 0 Å². The average molecular weight is 223 g/mol. The zero-order valence-corrected chi connectivity index (χ0v) is 9.42. The Bertz CT molecular complexity index is 468. The van der Waals surface area contributed by atoms with Crippen LogP contribution in [0, 0.1) is 0 Å². The maximum Gasteiger partial charge on any atom is 0.234 e. The number of hydrogen-bond donors (Lipinski definition) is 1. The second-order valence-electron chi connectivity index (χ2n) is 3.75. The van der Waals surface area contributed by atoms with Gasteiger partial charge in [-0.25, -0.2) is 0 Å². The molecule has 0 aromatic carbocycles. The van der Waals surface area contributed by atoms with Gasteiger partial charge in [0.15, 0.2) is 5.82 Å². The van der Waals surface area contributed by atoms with Gasteiger partial charge in [-0.15, -0.1) is 10.2 Å². The third-order valence-electron chi connectivity index (χ3n) is 2.75. The summed E-state index contributed by atoms with van der Waals surface area (Å²) in [6.45, 7) is 3.18. The van der Waals surface area contributed by atoms with E-state index in [2.05, 4.69) is 27.5 Å². The van der Waals surface area contributed by atoms with E-state index in [1.165, 1.54) is 12.8 Å². The predicted molar refractivity (Wildman–Crippen MR) is 58.0 cm³/mol. The molecule has 1 N–H and O–H groups in total. The van der Waals surface area contributed by atoms with Crippen molar-refractivity contribution in [2.45, 2.75) is 32.2 Å². The van der Waals surface area contributed by atoms with Gasteiger partial charge >= 0.3 is 0 Å². The zero-order chi connectivity index (χ0) is 10.3. The van der Waals surface area contributed by atoms with Crippen LogP contribution in [0.1, 0.15) is 36.6 Å². The van der Waals surface area contributed by atoms with E-state index < -0.39 is 0 Å². The van der Waals surface area contributed by atoms with Crippen molar-refractivity contribution in [2.24, 2.45) is 0 Å². The van der Waals surface area contributed by atoms with Gasteiger partial charge in [-0.3, -0.25) is 0 Å². The fraction of sp³-hybridized carbons (Fsp3) is 0.667. The highest BCUT2D eigenvalue weighted by atomic mass is 32.1. The Morgan fingerprint density at radius 2 is 2.47 bits per heavy atom. The highest BCUT2D eigenvalue weighted by Crippen LogP contribution is 2.26. The normalized spacial score (nSPS) is 21.5. The topological polar surface area (TPSA) is 55.1 Å². The molecule has 0 radical (unpaired) electrons. The van der Waals surface area contributed by atoms with Gasteiger partial charge in [0, 0.05) is 6.42 Å². The molecule has 6 heteroatoms. The molecule has 1 saturated heterocycles. The average Bonchev–Trinajstić information content (AvgIpc) is 2.93. The predicted octanol–water partition coefficient (Wildman–Crippen LogP) is 1.17. The standard InChI is InChI=1S/C9H13N5S/c1-2-7-11-12-9-14(7)13-8(15-9)6-4-3-5-10-6/h6,10H,2-5H2,1H3. The molecule has 0 bridgehead atoms. The van der Waals surface area contributed by atoms with Crippen molar-refractivity contribution in [2.75, 3.05) is 6.54 Å². The van der Waals surface area contributed by atoms with E-state index >= 15 is 0 Å². The van der Waals surface area contributed by atoms with Crippen LogP contribution in [0.2, 0.25) is 0 Å². The maximum absolute atomic E-state index is 4.57. The molecule has 1 unspecified atom stereocenters. The molecule has 3 rings (SSSR count). The number of rotatable bonds is 2. The molecule has 2 aromatic heterocycles. The first-order valence-corrected chi connectivity index (χ1v) is 6.14. The second kappa shape index (κ2) is 3.53. The number of aromatic nitrogens is 4. The molecule has 1 atom stereocenters. The van der Waals surface area contributed by atoms with Gasteiger partial charge in [-0.2, -0.15) is 9.61 Å². The Kier molecular flexibility index (Phi) is 2.17. The molecule has 1 fully saturated rings. The van der Waals surface area contributed by atoms with Crippen molar-refractivity contribution in [3.05, 3.63) is 10.8 Å². The van der Waals surface area contributed by atoms with Crippen LogP contribution in [0.15, 0.2) is 0 Å². The van der Waals surface area contributed by atoms with Gasteiger partial charge < -0.3 is 5.32 Å². The first kappa shape index (κ1) is 9.23. The van der Waals surface area contributed by atoms with E-state index in [1.807, 2.05) is 4.52 Å². The van der Waals surface area contributed by atoms with Crippen molar-refractivity contribution < 1.29 is 0 Å². The van der Waals surface area contributed by atoms with Gasteiger partial charge in [-0.05, 0) is 19.4 Å². The van der Waals surface area contributed by atoms with E-state index in [1.54, 1.807) is 11.3 Å². The molecule has 3 heterocycles. The summed E-state index contributed by atoms with van der Waals surface area (Å²) in [7, 11) is 0. The van der Waals surface area contributed by atoms with Crippen LogP contribution < -0.4 is 5.32 Å². The minimum absolute atomic E-state index is 0.432. The van der Waals surface area contributed by atoms with Crippen molar-refractivity contribution in [1.82, 2.24) is 25.1 Å². The third-order valence-corrected chi connectivity index (χ3v) is 3.76. The smallest absolute Gasteiger partial charge is 0.234 e. The van der Waals surface area contributed by atoms with Crippen LogP contribution in [-0.4, -0.2) is 26.4 Å². The molecular formula is C9H13N5S. The number of fused-ring (bicyclic) bond motifs is 1. The zero-order valence-electron chi connectivity index (χ0n) is 8.60. The van der Waals surface area contributed by atoms with Crippen molar-refractivity contribution in [3.63, 3.8) is 0 Å². The first-order chi connectivity index (χ1) is 7.38. The number of aryl methyl sites for hydroxylation is 1. The molecule has 2 aromatic rings. The van der Waals surface area contributed by atoms with Crippen LogP contribution in [-0.2, 0) is 6.42 Å². The summed E-state index contributed by atoms with van der Waals surface area (Å²) in [6.07, 6.45) is 3.30. The van der Waals surface area contributed by atoms with Gasteiger partial charge in [0.1, 0.15) is 5.01 Å². The minimum Gasteiger partial charge on any atom is -0.308 e. The van der Waals surface area contributed by atoms with Crippen LogP contribution in [0.25, 0.3) is 4.96 Å². The molecular weight excluding hydrogens is 210 g/mol. The van der Waals surface area contributed by atoms with Crippen molar-refractivity contribution in [3.8, 4) is 0 Å². The Labute approximate surface area is 91.5 Å². The SMILES string of the molecule is CCc1nnc2sc(C3CCCN3)nn12. The molecule has 15 heavy (non-hydrogen) atoms. The highest BCUT2D eigenvalue weighted by Gasteiger charge is 2.21. The Morgan fingerprint density at radius 3 is 3.20 bits per heavy atom. The lowest BCUT2D eigenvalue weighted by Gasteiger charge is -2.03. The molecule has 5 nitrogen and oxygen atoms in total. The molecule has 1 aliphatic heterocycles. The molecule has 0 amide bonds. The maximum atomic E-state index is 4.57. The summed E-state index contributed by atoms with van der Waals surface area (Å²) < 4.78 is 1.88. The van der Waals surface area contributed by atoms with Gasteiger partial charge in [0.05, 0.1) is 6.04 Å². The Morgan fingerprint density at radius 1 is 1.53 bits per heavy atom. The summed E-state index contributed by atoms with van der Waals surface area (Å²) in [4.78, 5) is 0.913. The largest absolute Gasteiger partial charge is 0.308 e. The number of nitrogens with zero attached hydrogens (tertiary/aromatic N) is 4. The lowest BCUT2D eigenvalue weighted by Crippen LogP contribution is -2.13. The van der Waals surface area contributed by atoms with Gasteiger partial charge in [-0.1, -0.05) is 18.3 Å². The molecule has 80 valence electrons. The van der Waals surface area contributed by atoms with Crippen LogP contribution >= 0.6 is 11.3 Å².